The molecular formula is C9H21N3O. The van der Waals surface area contributed by atoms with Crippen LogP contribution in [0.4, 0.5) is 0 Å². The van der Waals surface area contributed by atoms with Gasteiger partial charge in [0.15, 0.2) is 0 Å². The summed E-state index contributed by atoms with van der Waals surface area (Å²) in [7, 11) is 2.05. The molecule has 0 saturated heterocycles. The summed E-state index contributed by atoms with van der Waals surface area (Å²) < 4.78 is 0. The Morgan fingerprint density at radius 2 is 2.23 bits per heavy atom. The average molecular weight is 187 g/mol. The quantitative estimate of drug-likeness (QED) is 0.283. The number of hydrogen-bond donors (Lipinski definition) is 2. The van der Waals surface area contributed by atoms with E-state index in [1.165, 1.54) is 6.42 Å². The molecule has 4 heteroatoms. The lowest BCUT2D eigenvalue weighted by molar-refractivity contribution is 0.284. The molecular weight excluding hydrogens is 166 g/mol. The highest BCUT2D eigenvalue weighted by atomic mass is 16.4. The predicted molar refractivity (Wildman–Crippen MR) is 55.0 cm³/mol. The fourth-order valence-corrected chi connectivity index (χ4v) is 1.11. The van der Waals surface area contributed by atoms with Crippen LogP contribution in [0.3, 0.4) is 0 Å². The Labute approximate surface area is 80.4 Å². The molecule has 78 valence electrons. The second-order valence-electron chi connectivity index (χ2n) is 3.62. The summed E-state index contributed by atoms with van der Waals surface area (Å²) in [6.07, 6.45) is 1.82. The van der Waals surface area contributed by atoms with Gasteiger partial charge in [-0.1, -0.05) is 25.4 Å². The Hall–Kier alpha value is -0.770. The fourth-order valence-electron chi connectivity index (χ4n) is 1.11. The van der Waals surface area contributed by atoms with E-state index in [0.717, 1.165) is 13.1 Å². The molecule has 0 radical (unpaired) electrons. The molecule has 0 aliphatic heterocycles. The van der Waals surface area contributed by atoms with Crippen molar-refractivity contribution >= 4 is 5.84 Å². The SMILES string of the molecule is CCC(C)CN(C)CC/C(N)=N/O. The highest BCUT2D eigenvalue weighted by molar-refractivity contribution is 5.79. The number of oxime groups is 1. The number of amidine groups is 1. The van der Waals surface area contributed by atoms with Crippen molar-refractivity contribution < 1.29 is 5.21 Å². The molecule has 0 saturated carbocycles. The van der Waals surface area contributed by atoms with Crippen LogP contribution < -0.4 is 5.73 Å². The van der Waals surface area contributed by atoms with E-state index in [9.17, 15) is 0 Å². The first-order valence-electron chi connectivity index (χ1n) is 4.75. The summed E-state index contributed by atoms with van der Waals surface area (Å²) in [6.45, 7) is 6.32. The van der Waals surface area contributed by atoms with Crippen LogP contribution in [-0.2, 0) is 0 Å². The Bertz CT molecular complexity index is 159. The first-order valence-corrected chi connectivity index (χ1v) is 4.75. The van der Waals surface area contributed by atoms with Crippen LogP contribution in [0.5, 0.6) is 0 Å². The second kappa shape index (κ2) is 6.71. The van der Waals surface area contributed by atoms with E-state index < -0.39 is 0 Å². The number of hydrogen-bond acceptors (Lipinski definition) is 3. The monoisotopic (exact) mass is 187 g/mol. The third-order valence-electron chi connectivity index (χ3n) is 2.20. The van der Waals surface area contributed by atoms with E-state index in [1.807, 2.05) is 0 Å². The maximum absolute atomic E-state index is 8.32. The molecule has 0 aliphatic rings. The number of rotatable bonds is 6. The minimum absolute atomic E-state index is 0.302. The lowest BCUT2D eigenvalue weighted by Gasteiger charge is -2.19. The van der Waals surface area contributed by atoms with Crippen molar-refractivity contribution in [2.75, 3.05) is 20.1 Å². The molecule has 0 rings (SSSR count). The van der Waals surface area contributed by atoms with Gasteiger partial charge < -0.3 is 15.8 Å². The van der Waals surface area contributed by atoms with Crippen LogP contribution in [0.1, 0.15) is 26.7 Å². The second-order valence-corrected chi connectivity index (χ2v) is 3.62. The van der Waals surface area contributed by atoms with Crippen molar-refractivity contribution in [3.63, 3.8) is 0 Å². The van der Waals surface area contributed by atoms with Crippen LogP contribution in [0.25, 0.3) is 0 Å². The summed E-state index contributed by atoms with van der Waals surface area (Å²) in [4.78, 5) is 2.20. The van der Waals surface area contributed by atoms with Crippen LogP contribution in [-0.4, -0.2) is 36.1 Å². The molecule has 1 unspecified atom stereocenters. The van der Waals surface area contributed by atoms with Gasteiger partial charge in [0.05, 0.1) is 0 Å². The first kappa shape index (κ1) is 12.2. The molecule has 1 atom stereocenters. The molecule has 0 aromatic rings. The van der Waals surface area contributed by atoms with Gasteiger partial charge in [-0.2, -0.15) is 0 Å². The smallest absolute Gasteiger partial charge is 0.140 e. The van der Waals surface area contributed by atoms with Crippen molar-refractivity contribution in [3.8, 4) is 0 Å². The molecule has 0 aromatic heterocycles. The predicted octanol–water partition coefficient (Wildman–Crippen LogP) is 1.10. The Balaban J connectivity index is 3.57. The van der Waals surface area contributed by atoms with Gasteiger partial charge in [0.1, 0.15) is 5.84 Å². The van der Waals surface area contributed by atoms with E-state index >= 15 is 0 Å². The summed E-state index contributed by atoms with van der Waals surface area (Å²) >= 11 is 0. The normalized spacial score (nSPS) is 14.9. The summed E-state index contributed by atoms with van der Waals surface area (Å²) in [5.74, 6) is 1.01. The summed E-state index contributed by atoms with van der Waals surface area (Å²) in [6, 6.07) is 0. The molecule has 0 heterocycles. The first-order chi connectivity index (χ1) is 6.10. The molecule has 0 aliphatic carbocycles. The molecule has 0 bridgehead atoms. The maximum Gasteiger partial charge on any atom is 0.140 e. The van der Waals surface area contributed by atoms with Crippen molar-refractivity contribution in [2.45, 2.75) is 26.7 Å². The van der Waals surface area contributed by atoms with Crippen molar-refractivity contribution in [1.29, 1.82) is 0 Å². The van der Waals surface area contributed by atoms with Crippen LogP contribution in [0.15, 0.2) is 5.16 Å². The molecule has 0 aromatic carbocycles. The van der Waals surface area contributed by atoms with Crippen LogP contribution in [0.2, 0.25) is 0 Å². The van der Waals surface area contributed by atoms with E-state index in [2.05, 4.69) is 31.0 Å². The largest absolute Gasteiger partial charge is 0.409 e. The summed E-state index contributed by atoms with van der Waals surface area (Å²) in [5, 5.41) is 11.2. The van der Waals surface area contributed by atoms with Gasteiger partial charge in [-0.15, -0.1) is 0 Å². The lowest BCUT2D eigenvalue weighted by atomic mass is 10.1. The van der Waals surface area contributed by atoms with Gasteiger partial charge >= 0.3 is 0 Å². The van der Waals surface area contributed by atoms with E-state index in [1.54, 1.807) is 0 Å². The molecule has 0 amide bonds. The average Bonchev–Trinajstić information content (AvgIpc) is 2.13. The Morgan fingerprint density at radius 3 is 2.69 bits per heavy atom. The zero-order valence-corrected chi connectivity index (χ0v) is 8.82. The minimum Gasteiger partial charge on any atom is -0.409 e. The van der Waals surface area contributed by atoms with Gasteiger partial charge in [-0.3, -0.25) is 0 Å². The van der Waals surface area contributed by atoms with Crippen LogP contribution in [0, 0.1) is 5.92 Å². The van der Waals surface area contributed by atoms with Crippen molar-refractivity contribution in [3.05, 3.63) is 0 Å². The van der Waals surface area contributed by atoms with Gasteiger partial charge in [0, 0.05) is 19.5 Å². The highest BCUT2D eigenvalue weighted by Crippen LogP contribution is 2.02. The van der Waals surface area contributed by atoms with Crippen molar-refractivity contribution in [2.24, 2.45) is 16.8 Å². The van der Waals surface area contributed by atoms with E-state index in [-0.39, 0.29) is 0 Å². The van der Waals surface area contributed by atoms with Gasteiger partial charge in [-0.05, 0) is 13.0 Å². The lowest BCUT2D eigenvalue weighted by Crippen LogP contribution is -2.28. The third kappa shape index (κ3) is 6.40. The minimum atomic E-state index is 0.302. The fraction of sp³-hybridized carbons (Fsp3) is 0.889. The topological polar surface area (TPSA) is 61.8 Å². The van der Waals surface area contributed by atoms with E-state index in [0.29, 0.717) is 18.2 Å². The van der Waals surface area contributed by atoms with Gasteiger partial charge in [-0.25, -0.2) is 0 Å². The molecule has 0 fully saturated rings. The summed E-state index contributed by atoms with van der Waals surface area (Å²) in [5.41, 5.74) is 5.36. The number of nitrogens with two attached hydrogens (primary N) is 1. The Kier molecular flexibility index (Phi) is 6.32. The van der Waals surface area contributed by atoms with Crippen LogP contribution >= 0.6 is 0 Å². The maximum atomic E-state index is 8.32. The van der Waals surface area contributed by atoms with Gasteiger partial charge in [0.25, 0.3) is 0 Å². The molecule has 13 heavy (non-hydrogen) atoms. The van der Waals surface area contributed by atoms with Crippen molar-refractivity contribution in [1.82, 2.24) is 4.90 Å². The number of nitrogens with zero attached hydrogens (tertiary/aromatic N) is 2. The highest BCUT2D eigenvalue weighted by Gasteiger charge is 2.04. The van der Waals surface area contributed by atoms with E-state index in [4.69, 9.17) is 10.9 Å². The Morgan fingerprint density at radius 1 is 1.62 bits per heavy atom. The molecule has 0 spiro atoms. The molecule has 3 N–H and O–H groups in total. The molecule has 4 nitrogen and oxygen atoms in total. The zero-order chi connectivity index (χ0) is 10.3. The third-order valence-corrected chi connectivity index (χ3v) is 2.20. The zero-order valence-electron chi connectivity index (χ0n) is 8.82. The van der Waals surface area contributed by atoms with Gasteiger partial charge in [0.2, 0.25) is 0 Å². The standard InChI is InChI=1S/C9H21N3O/c1-4-8(2)7-12(3)6-5-9(10)11-13/h8,13H,4-7H2,1-3H3,(H2,10,11).